The molecule has 0 aliphatic rings. The number of nitrogens with two attached hydrogens (primary N) is 1. The van der Waals surface area contributed by atoms with Crippen molar-refractivity contribution in [1.29, 1.82) is 0 Å². The highest BCUT2D eigenvalue weighted by Gasteiger charge is 2.14. The van der Waals surface area contributed by atoms with Crippen molar-refractivity contribution in [3.63, 3.8) is 0 Å². The smallest absolute Gasteiger partial charge is 0.340 e. The summed E-state index contributed by atoms with van der Waals surface area (Å²) < 4.78 is 5.23. The molecule has 0 aliphatic heterocycles. The Morgan fingerprint density at radius 2 is 1.91 bits per heavy atom. The quantitative estimate of drug-likeness (QED) is 0.621. The Morgan fingerprint density at radius 1 is 1.14 bits per heavy atom. The number of para-hydroxylation sites is 1. The predicted molar refractivity (Wildman–Crippen MR) is 90.5 cm³/mol. The number of hydrogen-bond donors (Lipinski definition) is 2. The fourth-order valence-electron chi connectivity index (χ4n) is 2.21. The van der Waals surface area contributed by atoms with Crippen LogP contribution in [-0.2, 0) is 11.2 Å². The summed E-state index contributed by atoms with van der Waals surface area (Å²) in [5.41, 5.74) is 9.68. The average molecular weight is 298 g/mol. The van der Waals surface area contributed by atoms with Crippen LogP contribution in [0.2, 0.25) is 0 Å². The third-order valence-corrected chi connectivity index (χ3v) is 3.37. The molecule has 2 rings (SSSR count). The zero-order valence-corrected chi connectivity index (χ0v) is 13.1. The molecule has 0 radical (unpaired) electrons. The summed E-state index contributed by atoms with van der Waals surface area (Å²) in [5.74, 6) is -0.356. The number of ether oxygens (including phenoxy) is 1. The molecule has 0 saturated heterocycles. The van der Waals surface area contributed by atoms with Gasteiger partial charge in [0.2, 0.25) is 0 Å². The first-order valence-electron chi connectivity index (χ1n) is 7.57. The van der Waals surface area contributed by atoms with E-state index in [1.54, 1.807) is 12.1 Å². The maximum atomic E-state index is 12.2. The first kappa shape index (κ1) is 15.9. The van der Waals surface area contributed by atoms with E-state index < -0.39 is 0 Å². The van der Waals surface area contributed by atoms with Gasteiger partial charge in [-0.2, -0.15) is 0 Å². The second kappa shape index (κ2) is 7.50. The van der Waals surface area contributed by atoms with Gasteiger partial charge in [-0.15, -0.1) is 0 Å². The molecule has 0 bridgehead atoms. The predicted octanol–water partition coefficient (Wildman–Crippen LogP) is 4.14. The first-order chi connectivity index (χ1) is 10.7. The van der Waals surface area contributed by atoms with Crippen LogP contribution in [0.15, 0.2) is 42.5 Å². The Morgan fingerprint density at radius 3 is 2.64 bits per heavy atom. The molecule has 4 nitrogen and oxygen atoms in total. The van der Waals surface area contributed by atoms with E-state index in [0.717, 1.165) is 18.5 Å². The largest absolute Gasteiger partial charge is 0.462 e. The summed E-state index contributed by atoms with van der Waals surface area (Å²) in [7, 11) is 0. The molecular formula is C18H22N2O2. The Balaban J connectivity index is 2.32. The Labute approximate surface area is 131 Å². The van der Waals surface area contributed by atoms with Crippen LogP contribution in [0.3, 0.4) is 0 Å². The van der Waals surface area contributed by atoms with E-state index >= 15 is 0 Å². The molecule has 0 fully saturated rings. The maximum absolute atomic E-state index is 12.2. The third-order valence-electron chi connectivity index (χ3n) is 3.37. The summed E-state index contributed by atoms with van der Waals surface area (Å²) in [6.45, 7) is 4.46. The topological polar surface area (TPSA) is 64.3 Å². The van der Waals surface area contributed by atoms with Gasteiger partial charge in [-0.1, -0.05) is 32.0 Å². The number of carbonyl (C=O) groups excluding carboxylic acids is 1. The number of nitrogen functional groups attached to an aromatic ring is 1. The van der Waals surface area contributed by atoms with Crippen molar-refractivity contribution in [3.8, 4) is 0 Å². The Bertz CT molecular complexity index is 653. The Kier molecular flexibility index (Phi) is 5.42. The molecule has 0 unspecified atom stereocenters. The van der Waals surface area contributed by atoms with Crippen molar-refractivity contribution < 1.29 is 9.53 Å². The van der Waals surface area contributed by atoms with Crippen molar-refractivity contribution in [3.05, 3.63) is 53.6 Å². The van der Waals surface area contributed by atoms with E-state index in [1.165, 1.54) is 5.56 Å². The lowest BCUT2D eigenvalue weighted by Crippen LogP contribution is -2.10. The van der Waals surface area contributed by atoms with Gasteiger partial charge in [-0.25, -0.2) is 4.79 Å². The zero-order valence-electron chi connectivity index (χ0n) is 13.1. The van der Waals surface area contributed by atoms with Crippen LogP contribution in [0, 0.1) is 0 Å². The first-order valence-corrected chi connectivity index (χ1v) is 7.57. The van der Waals surface area contributed by atoms with Gasteiger partial charge in [0, 0.05) is 11.4 Å². The van der Waals surface area contributed by atoms with Crippen molar-refractivity contribution in [2.45, 2.75) is 26.7 Å². The molecule has 4 heteroatoms. The van der Waals surface area contributed by atoms with Crippen molar-refractivity contribution in [1.82, 2.24) is 0 Å². The molecule has 0 heterocycles. The molecule has 2 aromatic rings. The van der Waals surface area contributed by atoms with Crippen LogP contribution >= 0.6 is 0 Å². The molecular weight excluding hydrogens is 276 g/mol. The van der Waals surface area contributed by atoms with E-state index in [4.69, 9.17) is 10.5 Å². The molecule has 116 valence electrons. The van der Waals surface area contributed by atoms with Gasteiger partial charge < -0.3 is 15.8 Å². The lowest BCUT2D eigenvalue weighted by Gasteiger charge is -2.14. The van der Waals surface area contributed by atoms with Crippen molar-refractivity contribution in [2.75, 3.05) is 17.7 Å². The molecule has 0 aliphatic carbocycles. The minimum atomic E-state index is -0.356. The van der Waals surface area contributed by atoms with Gasteiger partial charge >= 0.3 is 5.97 Å². The van der Waals surface area contributed by atoms with Crippen LogP contribution in [0.25, 0.3) is 0 Å². The third kappa shape index (κ3) is 3.79. The lowest BCUT2D eigenvalue weighted by molar-refractivity contribution is 0.0506. The summed E-state index contributed by atoms with van der Waals surface area (Å²) in [4.78, 5) is 12.2. The second-order valence-corrected chi connectivity index (χ2v) is 5.08. The molecule has 2 aromatic carbocycles. The van der Waals surface area contributed by atoms with Gasteiger partial charge in [0.25, 0.3) is 0 Å². The van der Waals surface area contributed by atoms with Crippen LogP contribution in [0.5, 0.6) is 0 Å². The van der Waals surface area contributed by atoms with E-state index in [-0.39, 0.29) is 5.97 Å². The van der Waals surface area contributed by atoms with Crippen LogP contribution in [-0.4, -0.2) is 12.6 Å². The molecule has 0 aromatic heterocycles. The molecule has 0 saturated carbocycles. The standard InChI is InChI=1S/C18H22N2O2/c1-3-11-22-18(21)15-12-14(19)9-10-17(15)20-16-8-6-5-7-13(16)4-2/h5-10,12,20H,3-4,11,19H2,1-2H3. The normalized spacial score (nSPS) is 10.3. The van der Waals surface area contributed by atoms with E-state index in [0.29, 0.717) is 23.5 Å². The minimum absolute atomic E-state index is 0.356. The number of hydrogen-bond acceptors (Lipinski definition) is 4. The van der Waals surface area contributed by atoms with Crippen molar-refractivity contribution in [2.24, 2.45) is 0 Å². The summed E-state index contributed by atoms with van der Waals surface area (Å²) >= 11 is 0. The van der Waals surface area contributed by atoms with Crippen LogP contribution < -0.4 is 11.1 Å². The van der Waals surface area contributed by atoms with Gasteiger partial charge in [0.15, 0.2) is 0 Å². The highest BCUT2D eigenvalue weighted by Crippen LogP contribution is 2.26. The number of anilines is 3. The monoisotopic (exact) mass is 298 g/mol. The molecule has 0 atom stereocenters. The van der Waals surface area contributed by atoms with E-state index in [9.17, 15) is 4.79 Å². The van der Waals surface area contributed by atoms with Gasteiger partial charge in [0.1, 0.15) is 0 Å². The number of aryl methyl sites for hydroxylation is 1. The SMILES string of the molecule is CCCOC(=O)c1cc(N)ccc1Nc1ccccc1CC. The second-order valence-electron chi connectivity index (χ2n) is 5.08. The maximum Gasteiger partial charge on any atom is 0.340 e. The number of benzene rings is 2. The highest BCUT2D eigenvalue weighted by molar-refractivity contribution is 5.97. The molecule has 0 spiro atoms. The molecule has 22 heavy (non-hydrogen) atoms. The zero-order chi connectivity index (χ0) is 15.9. The van der Waals surface area contributed by atoms with Crippen LogP contribution in [0.4, 0.5) is 17.1 Å². The average Bonchev–Trinajstić information content (AvgIpc) is 2.54. The number of rotatable bonds is 6. The summed E-state index contributed by atoms with van der Waals surface area (Å²) in [6.07, 6.45) is 1.70. The summed E-state index contributed by atoms with van der Waals surface area (Å²) in [5, 5.41) is 3.32. The molecule has 3 N–H and O–H groups in total. The van der Waals surface area contributed by atoms with Gasteiger partial charge in [0.05, 0.1) is 17.9 Å². The molecule has 0 amide bonds. The summed E-state index contributed by atoms with van der Waals surface area (Å²) in [6, 6.07) is 13.3. The number of carbonyl (C=O) groups is 1. The van der Waals surface area contributed by atoms with E-state index in [1.807, 2.05) is 31.2 Å². The number of esters is 1. The van der Waals surface area contributed by atoms with Gasteiger partial charge in [-0.3, -0.25) is 0 Å². The fourth-order valence-corrected chi connectivity index (χ4v) is 2.21. The lowest BCUT2D eigenvalue weighted by atomic mass is 10.1. The number of nitrogens with one attached hydrogen (secondary N) is 1. The van der Waals surface area contributed by atoms with Gasteiger partial charge in [-0.05, 0) is 42.7 Å². The highest BCUT2D eigenvalue weighted by atomic mass is 16.5. The Hall–Kier alpha value is -2.49. The van der Waals surface area contributed by atoms with Crippen LogP contribution in [0.1, 0.15) is 36.2 Å². The van der Waals surface area contributed by atoms with E-state index in [2.05, 4.69) is 18.3 Å². The van der Waals surface area contributed by atoms with Crippen molar-refractivity contribution >= 4 is 23.0 Å². The minimum Gasteiger partial charge on any atom is -0.462 e. The fraction of sp³-hybridized carbons (Fsp3) is 0.278.